The number of likely N-dealkylation sites (tertiary alicyclic amines) is 1. The lowest BCUT2D eigenvalue weighted by atomic mass is 9.76. The number of hydrogen-bond acceptors (Lipinski definition) is 3. The van der Waals surface area contributed by atoms with Crippen molar-refractivity contribution < 1.29 is 9.53 Å². The van der Waals surface area contributed by atoms with E-state index in [9.17, 15) is 4.79 Å². The summed E-state index contributed by atoms with van der Waals surface area (Å²) in [6.45, 7) is 7.36. The Hall–Kier alpha value is -1.35. The molecule has 120 valence electrons. The molecule has 1 saturated heterocycles. The summed E-state index contributed by atoms with van der Waals surface area (Å²) in [5.41, 5.74) is 0.698. The van der Waals surface area contributed by atoms with Crippen molar-refractivity contribution in [1.29, 1.82) is 0 Å². The molecule has 1 aromatic carbocycles. The van der Waals surface area contributed by atoms with Gasteiger partial charge in [-0.2, -0.15) is 0 Å². The van der Waals surface area contributed by atoms with Gasteiger partial charge in [0.25, 0.3) is 0 Å². The Morgan fingerprint density at radius 1 is 1.32 bits per heavy atom. The SMILES string of the molecule is CCC(=O)O[C@]1(c2ccccc2)CCN(CC2CC2)C[C@@H]1C. The van der Waals surface area contributed by atoms with Crippen LogP contribution in [0.5, 0.6) is 0 Å². The van der Waals surface area contributed by atoms with Crippen molar-refractivity contribution in [2.45, 2.75) is 45.1 Å². The minimum Gasteiger partial charge on any atom is -0.454 e. The molecule has 0 N–H and O–H groups in total. The first kappa shape index (κ1) is 15.5. The Morgan fingerprint density at radius 3 is 2.64 bits per heavy atom. The van der Waals surface area contributed by atoms with E-state index in [0.717, 1.165) is 31.0 Å². The molecule has 0 bridgehead atoms. The highest BCUT2D eigenvalue weighted by atomic mass is 16.6. The Kier molecular flexibility index (Phi) is 4.53. The van der Waals surface area contributed by atoms with Gasteiger partial charge in [-0.15, -0.1) is 0 Å². The van der Waals surface area contributed by atoms with Crippen LogP contribution in [0.25, 0.3) is 0 Å². The van der Waals surface area contributed by atoms with E-state index in [4.69, 9.17) is 4.74 Å². The average Bonchev–Trinajstić information content (AvgIpc) is 3.35. The van der Waals surface area contributed by atoms with Gasteiger partial charge in [-0.3, -0.25) is 4.79 Å². The van der Waals surface area contributed by atoms with Gasteiger partial charge in [0.15, 0.2) is 0 Å². The summed E-state index contributed by atoms with van der Waals surface area (Å²) in [5, 5.41) is 0. The van der Waals surface area contributed by atoms with Gasteiger partial charge in [-0.1, -0.05) is 44.2 Å². The van der Waals surface area contributed by atoms with E-state index in [1.807, 2.05) is 25.1 Å². The fraction of sp³-hybridized carbons (Fsp3) is 0.632. The van der Waals surface area contributed by atoms with Crippen LogP contribution in [0.3, 0.4) is 0 Å². The maximum Gasteiger partial charge on any atom is 0.306 e. The number of rotatable bonds is 5. The number of hydrogen-bond donors (Lipinski definition) is 0. The molecular formula is C19H27NO2. The van der Waals surface area contributed by atoms with Gasteiger partial charge in [-0.25, -0.2) is 0 Å². The van der Waals surface area contributed by atoms with E-state index < -0.39 is 5.60 Å². The number of ether oxygens (including phenoxy) is 1. The number of esters is 1. The van der Waals surface area contributed by atoms with Crippen LogP contribution in [0.4, 0.5) is 0 Å². The summed E-state index contributed by atoms with van der Waals surface area (Å²) >= 11 is 0. The first-order valence-corrected chi connectivity index (χ1v) is 8.63. The fourth-order valence-electron chi connectivity index (χ4n) is 3.66. The van der Waals surface area contributed by atoms with Gasteiger partial charge in [0, 0.05) is 38.4 Å². The smallest absolute Gasteiger partial charge is 0.306 e. The zero-order chi connectivity index (χ0) is 15.6. The molecule has 3 rings (SSSR count). The number of nitrogens with zero attached hydrogens (tertiary/aromatic N) is 1. The summed E-state index contributed by atoms with van der Waals surface area (Å²) in [4.78, 5) is 14.6. The van der Waals surface area contributed by atoms with Gasteiger partial charge >= 0.3 is 5.97 Å². The van der Waals surface area contributed by atoms with E-state index in [0.29, 0.717) is 12.3 Å². The van der Waals surface area contributed by atoms with Crippen molar-refractivity contribution in [3.05, 3.63) is 35.9 Å². The molecule has 3 heteroatoms. The Labute approximate surface area is 133 Å². The van der Waals surface area contributed by atoms with E-state index in [-0.39, 0.29) is 5.97 Å². The fourth-order valence-corrected chi connectivity index (χ4v) is 3.66. The van der Waals surface area contributed by atoms with E-state index in [2.05, 4.69) is 24.0 Å². The number of piperidine rings is 1. The minimum atomic E-state index is -0.450. The molecule has 0 aromatic heterocycles. The Balaban J connectivity index is 1.81. The lowest BCUT2D eigenvalue weighted by Crippen LogP contribution is -2.51. The van der Waals surface area contributed by atoms with Gasteiger partial charge in [0.05, 0.1) is 0 Å². The summed E-state index contributed by atoms with van der Waals surface area (Å²) < 4.78 is 6.03. The molecule has 2 fully saturated rings. The van der Waals surface area contributed by atoms with Crippen molar-refractivity contribution in [3.63, 3.8) is 0 Å². The summed E-state index contributed by atoms with van der Waals surface area (Å²) in [6.07, 6.45) is 4.11. The van der Waals surface area contributed by atoms with Gasteiger partial charge in [0.2, 0.25) is 0 Å². The maximum atomic E-state index is 12.0. The first-order valence-electron chi connectivity index (χ1n) is 8.63. The quantitative estimate of drug-likeness (QED) is 0.778. The van der Waals surface area contributed by atoms with Crippen molar-refractivity contribution in [2.75, 3.05) is 19.6 Å². The lowest BCUT2D eigenvalue weighted by Gasteiger charge is -2.46. The highest BCUT2D eigenvalue weighted by molar-refractivity contribution is 5.69. The predicted molar refractivity (Wildman–Crippen MR) is 87.4 cm³/mol. The van der Waals surface area contributed by atoms with Crippen LogP contribution in [-0.4, -0.2) is 30.5 Å². The van der Waals surface area contributed by atoms with Crippen molar-refractivity contribution in [2.24, 2.45) is 11.8 Å². The molecule has 0 spiro atoms. The molecule has 0 radical (unpaired) electrons. The van der Waals surface area contributed by atoms with E-state index in [1.165, 1.54) is 19.4 Å². The summed E-state index contributed by atoms with van der Waals surface area (Å²) in [7, 11) is 0. The molecule has 0 unspecified atom stereocenters. The van der Waals surface area contributed by atoms with Crippen molar-refractivity contribution >= 4 is 5.97 Å². The third-order valence-corrected chi connectivity index (χ3v) is 5.19. The molecule has 1 aromatic rings. The van der Waals surface area contributed by atoms with Gasteiger partial charge in [-0.05, 0) is 24.3 Å². The molecule has 2 aliphatic rings. The molecule has 1 aliphatic carbocycles. The van der Waals surface area contributed by atoms with E-state index in [1.54, 1.807) is 0 Å². The first-order chi connectivity index (χ1) is 10.6. The van der Waals surface area contributed by atoms with Crippen molar-refractivity contribution in [3.8, 4) is 0 Å². The average molecular weight is 301 g/mol. The molecule has 1 heterocycles. The molecule has 0 amide bonds. The van der Waals surface area contributed by atoms with Crippen LogP contribution >= 0.6 is 0 Å². The number of benzene rings is 1. The molecule has 2 atom stereocenters. The van der Waals surface area contributed by atoms with Crippen LogP contribution in [0, 0.1) is 11.8 Å². The highest BCUT2D eigenvalue weighted by Crippen LogP contribution is 2.42. The number of carbonyl (C=O) groups excluding carboxylic acids is 1. The Morgan fingerprint density at radius 2 is 2.05 bits per heavy atom. The standard InChI is InChI=1S/C19H27NO2/c1-3-18(21)22-19(17-7-5-4-6-8-17)11-12-20(13-15(19)2)14-16-9-10-16/h4-8,15-16H,3,9-14H2,1-2H3/t15-,19+/m0/s1. The highest BCUT2D eigenvalue weighted by Gasteiger charge is 2.45. The third kappa shape index (κ3) is 3.19. The second-order valence-corrected chi connectivity index (χ2v) is 6.94. The largest absolute Gasteiger partial charge is 0.454 e. The van der Waals surface area contributed by atoms with Gasteiger partial charge in [0.1, 0.15) is 5.60 Å². The molecular weight excluding hydrogens is 274 g/mol. The molecule has 1 saturated carbocycles. The van der Waals surface area contributed by atoms with E-state index >= 15 is 0 Å². The summed E-state index contributed by atoms with van der Waals surface area (Å²) in [6, 6.07) is 10.3. The zero-order valence-electron chi connectivity index (χ0n) is 13.8. The number of carbonyl (C=O) groups is 1. The lowest BCUT2D eigenvalue weighted by molar-refractivity contribution is -0.175. The Bertz CT molecular complexity index is 511. The zero-order valence-corrected chi connectivity index (χ0v) is 13.8. The van der Waals surface area contributed by atoms with Crippen LogP contribution in [0.2, 0.25) is 0 Å². The molecule has 1 aliphatic heterocycles. The van der Waals surface area contributed by atoms with Crippen LogP contribution in [0.15, 0.2) is 30.3 Å². The summed E-state index contributed by atoms with van der Waals surface area (Å²) in [5.74, 6) is 1.14. The second kappa shape index (κ2) is 6.41. The minimum absolute atomic E-state index is 0.0913. The van der Waals surface area contributed by atoms with Crippen LogP contribution in [-0.2, 0) is 15.1 Å². The second-order valence-electron chi connectivity index (χ2n) is 6.94. The topological polar surface area (TPSA) is 29.5 Å². The van der Waals surface area contributed by atoms with Crippen LogP contribution < -0.4 is 0 Å². The predicted octanol–water partition coefficient (Wildman–Crippen LogP) is 3.59. The van der Waals surface area contributed by atoms with Crippen molar-refractivity contribution in [1.82, 2.24) is 4.90 Å². The molecule has 22 heavy (non-hydrogen) atoms. The third-order valence-electron chi connectivity index (χ3n) is 5.19. The van der Waals surface area contributed by atoms with Gasteiger partial charge < -0.3 is 9.64 Å². The van der Waals surface area contributed by atoms with Crippen LogP contribution in [0.1, 0.15) is 45.1 Å². The maximum absolute atomic E-state index is 12.0. The molecule has 3 nitrogen and oxygen atoms in total. The normalized spacial score (nSPS) is 29.3. The monoisotopic (exact) mass is 301 g/mol.